The summed E-state index contributed by atoms with van der Waals surface area (Å²) in [6.07, 6.45) is 3.28. The molecule has 1 fully saturated rings. The summed E-state index contributed by atoms with van der Waals surface area (Å²) in [5.74, 6) is -1.03. The number of likely N-dealkylation sites (tertiary alicyclic amines) is 1. The van der Waals surface area contributed by atoms with Gasteiger partial charge in [-0.05, 0) is 61.7 Å². The van der Waals surface area contributed by atoms with E-state index in [2.05, 4.69) is 15.8 Å². The monoisotopic (exact) mass is 408 g/mol. The van der Waals surface area contributed by atoms with Crippen LogP contribution in [0.5, 0.6) is 5.75 Å². The van der Waals surface area contributed by atoms with Gasteiger partial charge in [0.15, 0.2) is 6.61 Å². The van der Waals surface area contributed by atoms with Crippen molar-refractivity contribution in [3.8, 4) is 5.75 Å². The van der Waals surface area contributed by atoms with Crippen molar-refractivity contribution in [3.05, 3.63) is 59.7 Å². The number of anilines is 1. The molecule has 1 aliphatic rings. The summed E-state index contributed by atoms with van der Waals surface area (Å²) in [7, 11) is 0. The van der Waals surface area contributed by atoms with Crippen molar-refractivity contribution >= 4 is 29.6 Å². The molecule has 0 bridgehead atoms. The number of carbonyl (C=O) groups excluding carboxylic acids is 3. The molecule has 8 nitrogen and oxygen atoms in total. The highest BCUT2D eigenvalue weighted by Crippen LogP contribution is 2.12. The number of hydrazone groups is 1. The van der Waals surface area contributed by atoms with Gasteiger partial charge in [-0.1, -0.05) is 17.7 Å². The number of benzene rings is 2. The van der Waals surface area contributed by atoms with Crippen LogP contribution in [0.2, 0.25) is 0 Å². The van der Waals surface area contributed by atoms with Gasteiger partial charge in [-0.3, -0.25) is 14.4 Å². The van der Waals surface area contributed by atoms with E-state index in [9.17, 15) is 14.4 Å². The zero-order chi connectivity index (χ0) is 21.3. The van der Waals surface area contributed by atoms with Gasteiger partial charge in [0.05, 0.1) is 6.21 Å². The topological polar surface area (TPSA) is 100 Å². The third-order valence-corrected chi connectivity index (χ3v) is 4.55. The Labute approximate surface area is 174 Å². The minimum Gasteiger partial charge on any atom is -0.484 e. The van der Waals surface area contributed by atoms with E-state index >= 15 is 0 Å². The molecule has 2 N–H and O–H groups in total. The third kappa shape index (κ3) is 6.16. The fraction of sp³-hybridized carbons (Fsp3) is 0.273. The minimum atomic E-state index is -0.743. The van der Waals surface area contributed by atoms with Crippen LogP contribution in [0.15, 0.2) is 53.6 Å². The molecule has 0 spiro atoms. The van der Waals surface area contributed by atoms with Crippen LogP contribution in [-0.4, -0.2) is 48.5 Å². The highest BCUT2D eigenvalue weighted by molar-refractivity contribution is 6.35. The second-order valence-corrected chi connectivity index (χ2v) is 6.97. The number of hydrogen-bond donors (Lipinski definition) is 2. The Morgan fingerprint density at radius 3 is 2.37 bits per heavy atom. The van der Waals surface area contributed by atoms with Crippen molar-refractivity contribution < 1.29 is 19.1 Å². The molecule has 3 rings (SSSR count). The lowest BCUT2D eigenvalue weighted by Gasteiger charge is -2.12. The quantitative estimate of drug-likeness (QED) is 0.434. The Kier molecular flexibility index (Phi) is 7.15. The van der Waals surface area contributed by atoms with Gasteiger partial charge < -0.3 is 15.0 Å². The Morgan fingerprint density at radius 1 is 1.03 bits per heavy atom. The highest BCUT2D eigenvalue weighted by Gasteiger charge is 2.23. The predicted octanol–water partition coefficient (Wildman–Crippen LogP) is 2.09. The predicted molar refractivity (Wildman–Crippen MR) is 113 cm³/mol. The molecule has 0 saturated carbocycles. The van der Waals surface area contributed by atoms with E-state index in [4.69, 9.17) is 4.74 Å². The molecule has 0 atom stereocenters. The average molecular weight is 408 g/mol. The van der Waals surface area contributed by atoms with Gasteiger partial charge in [0, 0.05) is 18.8 Å². The second-order valence-electron chi connectivity index (χ2n) is 6.97. The van der Waals surface area contributed by atoms with Crippen LogP contribution in [0, 0.1) is 6.92 Å². The maximum Gasteiger partial charge on any atom is 0.329 e. The van der Waals surface area contributed by atoms with E-state index in [-0.39, 0.29) is 12.5 Å². The molecule has 0 aliphatic carbocycles. The van der Waals surface area contributed by atoms with Crippen LogP contribution < -0.4 is 15.5 Å². The Morgan fingerprint density at radius 2 is 1.70 bits per heavy atom. The van der Waals surface area contributed by atoms with Crippen LogP contribution >= 0.6 is 0 Å². The number of carbonyl (C=O) groups is 3. The van der Waals surface area contributed by atoms with Gasteiger partial charge in [0.1, 0.15) is 5.75 Å². The van der Waals surface area contributed by atoms with Crippen molar-refractivity contribution in [1.29, 1.82) is 0 Å². The molecular formula is C22H24N4O4. The Balaban J connectivity index is 1.42. The van der Waals surface area contributed by atoms with Crippen LogP contribution in [0.1, 0.15) is 24.0 Å². The summed E-state index contributed by atoms with van der Waals surface area (Å²) in [6, 6.07) is 14.3. The van der Waals surface area contributed by atoms with Gasteiger partial charge in [-0.2, -0.15) is 5.10 Å². The summed E-state index contributed by atoms with van der Waals surface area (Å²) < 4.78 is 5.47. The molecule has 1 saturated heterocycles. The first-order valence-corrected chi connectivity index (χ1v) is 9.73. The summed E-state index contributed by atoms with van der Waals surface area (Å²) >= 11 is 0. The first-order chi connectivity index (χ1) is 14.5. The van der Waals surface area contributed by atoms with Crippen LogP contribution in [0.4, 0.5) is 5.69 Å². The average Bonchev–Trinajstić information content (AvgIpc) is 3.29. The number of ether oxygens (including phenoxy) is 1. The molecule has 30 heavy (non-hydrogen) atoms. The zero-order valence-electron chi connectivity index (χ0n) is 16.8. The van der Waals surface area contributed by atoms with Crippen LogP contribution in [0.3, 0.4) is 0 Å². The lowest BCUT2D eigenvalue weighted by atomic mass is 10.2. The number of nitrogens with one attached hydrogen (secondary N) is 2. The second kappa shape index (κ2) is 10.2. The largest absolute Gasteiger partial charge is 0.484 e. The summed E-state index contributed by atoms with van der Waals surface area (Å²) in [5, 5.41) is 6.58. The first kappa shape index (κ1) is 21.0. The number of aryl methyl sites for hydroxylation is 1. The standard InChI is InChI=1S/C22H24N4O4/c1-16-4-8-18(9-5-16)24-20(27)15-30-19-10-6-17(7-11-19)14-23-25-21(28)22(29)26-12-2-3-13-26/h4-11,14H,2-3,12-13,15H2,1H3,(H,24,27)(H,25,28)/b23-14-. The van der Waals surface area contributed by atoms with Crippen molar-refractivity contribution in [2.75, 3.05) is 25.0 Å². The van der Waals surface area contributed by atoms with E-state index < -0.39 is 11.8 Å². The van der Waals surface area contributed by atoms with E-state index in [1.165, 1.54) is 11.1 Å². The van der Waals surface area contributed by atoms with Crippen molar-refractivity contribution in [2.45, 2.75) is 19.8 Å². The minimum absolute atomic E-state index is 0.115. The van der Waals surface area contributed by atoms with Crippen molar-refractivity contribution in [3.63, 3.8) is 0 Å². The first-order valence-electron chi connectivity index (χ1n) is 9.73. The van der Waals surface area contributed by atoms with Crippen LogP contribution in [0.25, 0.3) is 0 Å². The number of hydrogen-bond acceptors (Lipinski definition) is 5. The lowest BCUT2D eigenvalue weighted by Crippen LogP contribution is -2.39. The molecule has 2 aromatic rings. The maximum absolute atomic E-state index is 12.0. The van der Waals surface area contributed by atoms with E-state index in [1.54, 1.807) is 24.3 Å². The molecule has 0 unspecified atom stereocenters. The molecule has 3 amide bonds. The smallest absolute Gasteiger partial charge is 0.329 e. The SMILES string of the molecule is Cc1ccc(NC(=O)COc2ccc(/C=N\NC(=O)C(=O)N3CCCC3)cc2)cc1. The van der Waals surface area contributed by atoms with Crippen molar-refractivity contribution in [2.24, 2.45) is 5.10 Å². The Bertz CT molecular complexity index is 917. The van der Waals surface area contributed by atoms with E-state index in [1.807, 2.05) is 31.2 Å². The summed E-state index contributed by atoms with van der Waals surface area (Å²) in [4.78, 5) is 37.2. The third-order valence-electron chi connectivity index (χ3n) is 4.55. The van der Waals surface area contributed by atoms with Gasteiger partial charge in [0.25, 0.3) is 5.91 Å². The van der Waals surface area contributed by atoms with Crippen LogP contribution in [-0.2, 0) is 14.4 Å². The van der Waals surface area contributed by atoms with Crippen molar-refractivity contribution in [1.82, 2.24) is 10.3 Å². The molecular weight excluding hydrogens is 384 g/mol. The normalized spacial score (nSPS) is 13.3. The van der Waals surface area contributed by atoms with Gasteiger partial charge in [0.2, 0.25) is 0 Å². The molecule has 8 heteroatoms. The molecule has 156 valence electrons. The molecule has 0 radical (unpaired) electrons. The zero-order valence-corrected chi connectivity index (χ0v) is 16.8. The lowest BCUT2D eigenvalue weighted by molar-refractivity contribution is -0.145. The molecule has 1 heterocycles. The van der Waals surface area contributed by atoms with Gasteiger partial charge in [-0.15, -0.1) is 0 Å². The number of amides is 3. The highest BCUT2D eigenvalue weighted by atomic mass is 16.5. The fourth-order valence-electron chi connectivity index (χ4n) is 2.91. The molecule has 1 aliphatic heterocycles. The molecule has 2 aromatic carbocycles. The van der Waals surface area contributed by atoms with Gasteiger partial charge >= 0.3 is 11.8 Å². The van der Waals surface area contributed by atoms with E-state index in [0.717, 1.165) is 18.4 Å². The number of nitrogens with zero attached hydrogens (tertiary/aromatic N) is 2. The summed E-state index contributed by atoms with van der Waals surface area (Å²) in [6.45, 7) is 3.09. The fourth-order valence-corrected chi connectivity index (χ4v) is 2.91. The van der Waals surface area contributed by atoms with Gasteiger partial charge in [-0.25, -0.2) is 5.43 Å². The Hall–Kier alpha value is -3.68. The molecule has 0 aromatic heterocycles. The number of rotatable bonds is 6. The summed E-state index contributed by atoms with van der Waals surface area (Å²) in [5.41, 5.74) is 4.78. The maximum atomic E-state index is 12.0. The van der Waals surface area contributed by atoms with E-state index in [0.29, 0.717) is 30.1 Å².